The Morgan fingerprint density at radius 3 is 2.47 bits per heavy atom. The van der Waals surface area contributed by atoms with Crippen LogP contribution in [0.25, 0.3) is 0 Å². The van der Waals surface area contributed by atoms with Gasteiger partial charge in [-0.2, -0.15) is 0 Å². The molecule has 2 heterocycles. The number of hydrogen-bond donors (Lipinski definition) is 1. The van der Waals surface area contributed by atoms with Crippen LogP contribution in [0.5, 0.6) is 0 Å². The highest BCUT2D eigenvalue weighted by molar-refractivity contribution is 5.92. The fraction of sp³-hybridized carbons (Fsp3) is 0.571. The Labute approximate surface area is 113 Å². The van der Waals surface area contributed by atoms with Crippen molar-refractivity contribution in [2.24, 2.45) is 0 Å². The third-order valence-corrected chi connectivity index (χ3v) is 3.49. The zero-order valence-electron chi connectivity index (χ0n) is 11.4. The van der Waals surface area contributed by atoms with Gasteiger partial charge in [0.15, 0.2) is 0 Å². The minimum Gasteiger partial charge on any atom is -0.357 e. The van der Waals surface area contributed by atoms with Crippen LogP contribution in [0, 0.1) is 0 Å². The van der Waals surface area contributed by atoms with E-state index >= 15 is 0 Å². The topological polar surface area (TPSA) is 56.4 Å². The third kappa shape index (κ3) is 3.36. The number of H-pyrrole nitrogens is 1. The minimum absolute atomic E-state index is 0.0191. The SMILES string of the molecule is CCCCC(=O)N1CCN(C(=O)c2ccc[nH]2)CC1. The molecular formula is C14H21N3O2. The molecule has 0 saturated carbocycles. The van der Waals surface area contributed by atoms with E-state index in [4.69, 9.17) is 0 Å². The van der Waals surface area contributed by atoms with Crippen LogP contribution < -0.4 is 0 Å². The zero-order valence-corrected chi connectivity index (χ0v) is 11.4. The lowest BCUT2D eigenvalue weighted by Gasteiger charge is -2.34. The van der Waals surface area contributed by atoms with Gasteiger partial charge in [0.2, 0.25) is 5.91 Å². The first-order valence-corrected chi connectivity index (χ1v) is 6.93. The lowest BCUT2D eigenvalue weighted by atomic mass is 10.2. The van der Waals surface area contributed by atoms with Crippen molar-refractivity contribution in [3.63, 3.8) is 0 Å². The molecule has 2 rings (SSSR count). The number of unbranched alkanes of at least 4 members (excludes halogenated alkanes) is 1. The van der Waals surface area contributed by atoms with Gasteiger partial charge < -0.3 is 14.8 Å². The largest absolute Gasteiger partial charge is 0.357 e. The van der Waals surface area contributed by atoms with E-state index < -0.39 is 0 Å². The lowest BCUT2D eigenvalue weighted by molar-refractivity contribution is -0.132. The second-order valence-corrected chi connectivity index (χ2v) is 4.86. The number of aromatic amines is 1. The highest BCUT2D eigenvalue weighted by atomic mass is 16.2. The van der Waals surface area contributed by atoms with Gasteiger partial charge in [-0.05, 0) is 18.6 Å². The maximum Gasteiger partial charge on any atom is 0.270 e. The number of amides is 2. The quantitative estimate of drug-likeness (QED) is 0.894. The number of carbonyl (C=O) groups is 2. The Morgan fingerprint density at radius 2 is 1.89 bits per heavy atom. The molecule has 104 valence electrons. The van der Waals surface area contributed by atoms with Crippen LogP contribution in [0.2, 0.25) is 0 Å². The molecular weight excluding hydrogens is 242 g/mol. The summed E-state index contributed by atoms with van der Waals surface area (Å²) in [7, 11) is 0. The number of nitrogens with zero attached hydrogens (tertiary/aromatic N) is 2. The highest BCUT2D eigenvalue weighted by Gasteiger charge is 2.24. The molecule has 0 bridgehead atoms. The fourth-order valence-corrected chi connectivity index (χ4v) is 2.28. The number of carbonyl (C=O) groups excluding carboxylic acids is 2. The van der Waals surface area contributed by atoms with Gasteiger partial charge in [-0.3, -0.25) is 9.59 Å². The van der Waals surface area contributed by atoms with Gasteiger partial charge in [-0.1, -0.05) is 13.3 Å². The monoisotopic (exact) mass is 263 g/mol. The molecule has 0 spiro atoms. The lowest BCUT2D eigenvalue weighted by Crippen LogP contribution is -2.50. The van der Waals surface area contributed by atoms with Gasteiger partial charge in [-0.15, -0.1) is 0 Å². The summed E-state index contributed by atoms with van der Waals surface area (Å²) in [5.41, 5.74) is 0.616. The van der Waals surface area contributed by atoms with E-state index in [2.05, 4.69) is 11.9 Å². The minimum atomic E-state index is 0.0191. The summed E-state index contributed by atoms with van der Waals surface area (Å²) in [5.74, 6) is 0.236. The molecule has 1 saturated heterocycles. The molecule has 5 heteroatoms. The maximum absolute atomic E-state index is 12.1. The van der Waals surface area contributed by atoms with Crippen LogP contribution in [0.3, 0.4) is 0 Å². The van der Waals surface area contributed by atoms with E-state index in [0.29, 0.717) is 38.3 Å². The number of nitrogens with one attached hydrogen (secondary N) is 1. The van der Waals surface area contributed by atoms with E-state index in [1.165, 1.54) is 0 Å². The first-order valence-electron chi connectivity index (χ1n) is 6.93. The van der Waals surface area contributed by atoms with E-state index in [9.17, 15) is 9.59 Å². The molecule has 0 radical (unpaired) electrons. The van der Waals surface area contributed by atoms with Crippen molar-refractivity contribution >= 4 is 11.8 Å². The Bertz CT molecular complexity index is 420. The Kier molecular flexibility index (Phi) is 4.60. The number of piperazine rings is 1. The molecule has 1 aliphatic heterocycles. The van der Waals surface area contributed by atoms with E-state index in [0.717, 1.165) is 12.8 Å². The van der Waals surface area contributed by atoms with Gasteiger partial charge in [0, 0.05) is 38.8 Å². The van der Waals surface area contributed by atoms with E-state index in [-0.39, 0.29) is 11.8 Å². The standard InChI is InChI=1S/C14H21N3O2/c1-2-3-6-13(18)16-8-10-17(11-9-16)14(19)12-5-4-7-15-12/h4-5,7,15H,2-3,6,8-11H2,1H3. The van der Waals surface area contributed by atoms with Crippen molar-refractivity contribution in [2.45, 2.75) is 26.2 Å². The summed E-state index contributed by atoms with van der Waals surface area (Å²) < 4.78 is 0. The third-order valence-electron chi connectivity index (χ3n) is 3.49. The molecule has 1 aromatic heterocycles. The van der Waals surface area contributed by atoms with E-state index in [1.54, 1.807) is 17.2 Å². The van der Waals surface area contributed by atoms with Crippen LogP contribution in [0.1, 0.15) is 36.7 Å². The zero-order chi connectivity index (χ0) is 13.7. The normalized spacial score (nSPS) is 15.6. The van der Waals surface area contributed by atoms with E-state index in [1.807, 2.05) is 11.0 Å². The van der Waals surface area contributed by atoms with Crippen molar-refractivity contribution in [1.82, 2.24) is 14.8 Å². The number of aromatic nitrogens is 1. The first kappa shape index (κ1) is 13.6. The second kappa shape index (κ2) is 6.41. The van der Waals surface area contributed by atoms with Crippen LogP contribution in [-0.2, 0) is 4.79 Å². The second-order valence-electron chi connectivity index (χ2n) is 4.86. The highest BCUT2D eigenvalue weighted by Crippen LogP contribution is 2.09. The van der Waals surface area contributed by atoms with Gasteiger partial charge in [0.05, 0.1) is 0 Å². The summed E-state index contributed by atoms with van der Waals surface area (Å²) in [5, 5.41) is 0. The maximum atomic E-state index is 12.1. The van der Waals surface area contributed by atoms with Crippen molar-refractivity contribution < 1.29 is 9.59 Å². The van der Waals surface area contributed by atoms with Crippen molar-refractivity contribution in [3.8, 4) is 0 Å². The van der Waals surface area contributed by atoms with Crippen LogP contribution >= 0.6 is 0 Å². The molecule has 0 atom stereocenters. The molecule has 0 aromatic carbocycles. The summed E-state index contributed by atoms with van der Waals surface area (Å²) in [6, 6.07) is 3.60. The molecule has 0 aliphatic carbocycles. The van der Waals surface area contributed by atoms with Crippen molar-refractivity contribution in [2.75, 3.05) is 26.2 Å². The average molecular weight is 263 g/mol. The van der Waals surface area contributed by atoms with Gasteiger partial charge in [0.25, 0.3) is 5.91 Å². The molecule has 19 heavy (non-hydrogen) atoms. The predicted molar refractivity (Wildman–Crippen MR) is 72.8 cm³/mol. The van der Waals surface area contributed by atoms with Gasteiger partial charge >= 0.3 is 0 Å². The molecule has 5 nitrogen and oxygen atoms in total. The Morgan fingerprint density at radius 1 is 1.21 bits per heavy atom. The molecule has 2 amide bonds. The number of hydrogen-bond acceptors (Lipinski definition) is 2. The molecule has 0 unspecified atom stereocenters. The van der Waals surface area contributed by atoms with Crippen LogP contribution in [0.15, 0.2) is 18.3 Å². The number of rotatable bonds is 4. The molecule has 1 aromatic rings. The van der Waals surface area contributed by atoms with Crippen LogP contribution in [0.4, 0.5) is 0 Å². The summed E-state index contributed by atoms with van der Waals surface area (Å²) in [4.78, 5) is 30.6. The van der Waals surface area contributed by atoms with Crippen molar-refractivity contribution in [1.29, 1.82) is 0 Å². The predicted octanol–water partition coefficient (Wildman–Crippen LogP) is 1.49. The summed E-state index contributed by atoms with van der Waals surface area (Å²) in [6.45, 7) is 4.62. The molecule has 1 fully saturated rings. The fourth-order valence-electron chi connectivity index (χ4n) is 2.28. The van der Waals surface area contributed by atoms with Gasteiger partial charge in [0.1, 0.15) is 5.69 Å². The van der Waals surface area contributed by atoms with Crippen molar-refractivity contribution in [3.05, 3.63) is 24.0 Å². The first-order chi connectivity index (χ1) is 9.22. The average Bonchev–Trinajstić information content (AvgIpc) is 2.98. The summed E-state index contributed by atoms with van der Waals surface area (Å²) in [6.07, 6.45) is 4.36. The van der Waals surface area contributed by atoms with Crippen LogP contribution in [-0.4, -0.2) is 52.8 Å². The Hall–Kier alpha value is -1.78. The molecule has 1 N–H and O–H groups in total. The Balaban J connectivity index is 1.82. The van der Waals surface area contributed by atoms with Gasteiger partial charge in [-0.25, -0.2) is 0 Å². The summed E-state index contributed by atoms with van der Waals surface area (Å²) >= 11 is 0. The smallest absolute Gasteiger partial charge is 0.270 e. The molecule has 1 aliphatic rings.